The van der Waals surface area contributed by atoms with Gasteiger partial charge in [0.2, 0.25) is 5.91 Å². The maximum atomic E-state index is 13.5. The lowest BCUT2D eigenvalue weighted by Crippen LogP contribution is -2.54. The van der Waals surface area contributed by atoms with E-state index in [2.05, 4.69) is 26.1 Å². The van der Waals surface area contributed by atoms with Gasteiger partial charge in [0.25, 0.3) is 0 Å². The van der Waals surface area contributed by atoms with Crippen molar-refractivity contribution in [2.45, 2.75) is 116 Å². The number of rotatable bonds is 17. The van der Waals surface area contributed by atoms with Crippen LogP contribution in [0.15, 0.2) is 33.5 Å². The third kappa shape index (κ3) is 9.51. The van der Waals surface area contributed by atoms with Crippen LogP contribution in [0, 0.1) is 46.3 Å². The first-order valence-corrected chi connectivity index (χ1v) is 21.0. The first-order valence-electron chi connectivity index (χ1n) is 21.0. The number of benzene rings is 1. The van der Waals surface area contributed by atoms with E-state index in [1.807, 2.05) is 0 Å². The summed E-state index contributed by atoms with van der Waals surface area (Å²) >= 11 is 0. The number of nitrogens with two attached hydrogens (primary N) is 1. The SMILES string of the molecule is COc1ccc2c(CC(=O)N[C@@H](CC(=O)O)C(=O)O[C@@H]3CC[C@@]4(C)[C@H](CC[C@@H]5[C@@H]4CC[C@]4(C)C([C@H](C)CCC(=O)OCCOCCN)CC[C@@H]54)C3)cc(=O)oc2c1. The first-order chi connectivity index (χ1) is 27.2. The fourth-order valence-electron chi connectivity index (χ4n) is 11.8. The predicted octanol–water partition coefficient (Wildman–Crippen LogP) is 5.81. The molecule has 4 N–H and O–H groups in total. The third-order valence-corrected chi connectivity index (χ3v) is 14.6. The second-order valence-corrected chi connectivity index (χ2v) is 17.7. The number of fused-ring (bicyclic) bond motifs is 6. The monoisotopic (exact) mass is 794 g/mol. The van der Waals surface area contributed by atoms with Crippen LogP contribution in [0.1, 0.15) is 103 Å². The van der Waals surface area contributed by atoms with Crippen molar-refractivity contribution in [1.82, 2.24) is 5.32 Å². The van der Waals surface area contributed by atoms with Crippen LogP contribution in [0.2, 0.25) is 0 Å². The fraction of sp³-hybridized carbons (Fsp3) is 0.705. The second kappa shape index (κ2) is 18.3. The normalized spacial score (nSPS) is 30.3. The minimum absolute atomic E-state index is 0.137. The van der Waals surface area contributed by atoms with Gasteiger partial charge in [-0.05, 0) is 128 Å². The van der Waals surface area contributed by atoms with E-state index in [-0.39, 0.29) is 41.5 Å². The number of hydrogen-bond acceptors (Lipinski definition) is 11. The molecule has 4 aliphatic rings. The number of carbonyl (C=O) groups excluding carboxylic acids is 3. The van der Waals surface area contributed by atoms with Gasteiger partial charge >= 0.3 is 23.5 Å². The van der Waals surface area contributed by atoms with Crippen LogP contribution in [-0.4, -0.2) is 74.5 Å². The van der Waals surface area contributed by atoms with Crippen molar-refractivity contribution >= 4 is 34.8 Å². The van der Waals surface area contributed by atoms with Crippen LogP contribution in [0.4, 0.5) is 0 Å². The Morgan fingerprint density at radius 2 is 1.75 bits per heavy atom. The minimum Gasteiger partial charge on any atom is -0.497 e. The number of esters is 2. The second-order valence-electron chi connectivity index (χ2n) is 17.7. The van der Waals surface area contributed by atoms with Gasteiger partial charge in [-0.3, -0.25) is 14.4 Å². The molecule has 0 spiro atoms. The Bertz CT molecular complexity index is 1830. The largest absolute Gasteiger partial charge is 0.497 e. The molecule has 6 rings (SSSR count). The highest BCUT2D eigenvalue weighted by Crippen LogP contribution is 2.68. The molecule has 0 radical (unpaired) electrons. The van der Waals surface area contributed by atoms with Crippen molar-refractivity contribution < 1.29 is 47.6 Å². The first kappa shape index (κ1) is 42.6. The van der Waals surface area contributed by atoms with Crippen LogP contribution < -0.4 is 21.4 Å². The summed E-state index contributed by atoms with van der Waals surface area (Å²) in [6.45, 7) is 8.83. The van der Waals surface area contributed by atoms with Crippen molar-refractivity contribution in [1.29, 1.82) is 0 Å². The molecule has 13 heteroatoms. The molecule has 10 atom stereocenters. The van der Waals surface area contributed by atoms with Crippen molar-refractivity contribution in [3.05, 3.63) is 40.2 Å². The Balaban J connectivity index is 1.03. The molecule has 4 fully saturated rings. The van der Waals surface area contributed by atoms with Gasteiger partial charge in [0, 0.05) is 30.5 Å². The lowest BCUT2D eigenvalue weighted by atomic mass is 9.44. The number of aliphatic carboxylic acids is 1. The smallest absolute Gasteiger partial charge is 0.336 e. The Morgan fingerprint density at radius 1 is 0.982 bits per heavy atom. The Hall–Kier alpha value is -3.97. The molecule has 1 unspecified atom stereocenters. The average Bonchev–Trinajstić information content (AvgIpc) is 3.53. The molecule has 4 aliphatic carbocycles. The predicted molar refractivity (Wildman–Crippen MR) is 211 cm³/mol. The zero-order valence-electron chi connectivity index (χ0n) is 34.1. The number of carboxylic acid groups (broad SMARTS) is 1. The van der Waals surface area contributed by atoms with Crippen LogP contribution in [0.25, 0.3) is 11.0 Å². The summed E-state index contributed by atoms with van der Waals surface area (Å²) < 4.78 is 27.2. The lowest BCUT2D eigenvalue weighted by molar-refractivity contribution is -0.167. The highest BCUT2D eigenvalue weighted by molar-refractivity contribution is 5.91. The van der Waals surface area contributed by atoms with E-state index < -0.39 is 35.9 Å². The standard InChI is InChI=1S/C44H62N2O11/c1-26(5-12-40(50)55-20-19-54-18-17-45)33-10-11-34-32-8-6-28-23-30(13-15-43(28,2)35(32)14-16-44(33,34)3)56-42(52)36(25-39(48)49)46-38(47)21-27-22-41(51)57-37-24-29(53-4)7-9-31(27)37/h7,9,22,24,26,28,30,32-36H,5-6,8,10-21,23,25,45H2,1-4H3,(H,46,47)(H,48,49)/t26-,28-,30-,32+,33?,34+,35+,36+,43+,44-/m1/s1. The van der Waals surface area contributed by atoms with E-state index >= 15 is 0 Å². The summed E-state index contributed by atoms with van der Waals surface area (Å²) in [5, 5.41) is 12.8. The number of hydrogen-bond donors (Lipinski definition) is 3. The number of carbonyl (C=O) groups is 4. The summed E-state index contributed by atoms with van der Waals surface area (Å²) in [6.07, 6.45) is 9.41. The van der Waals surface area contributed by atoms with E-state index in [4.69, 9.17) is 29.1 Å². The highest BCUT2D eigenvalue weighted by atomic mass is 16.6. The molecule has 0 saturated heterocycles. The zero-order valence-corrected chi connectivity index (χ0v) is 34.1. The molecular formula is C44H62N2O11. The van der Waals surface area contributed by atoms with Crippen molar-refractivity contribution in [2.75, 3.05) is 33.5 Å². The van der Waals surface area contributed by atoms with Gasteiger partial charge in [0.1, 0.15) is 30.1 Å². The average molecular weight is 795 g/mol. The molecule has 0 aliphatic heterocycles. The summed E-state index contributed by atoms with van der Waals surface area (Å²) in [4.78, 5) is 63.3. The molecule has 0 bridgehead atoms. The lowest BCUT2D eigenvalue weighted by Gasteiger charge is -2.61. The van der Waals surface area contributed by atoms with Gasteiger partial charge in [-0.1, -0.05) is 20.8 Å². The topological polar surface area (TPSA) is 194 Å². The summed E-state index contributed by atoms with van der Waals surface area (Å²) in [5.74, 6) is 1.07. The summed E-state index contributed by atoms with van der Waals surface area (Å²) in [7, 11) is 1.49. The van der Waals surface area contributed by atoms with Crippen molar-refractivity contribution in [3.8, 4) is 5.75 Å². The maximum Gasteiger partial charge on any atom is 0.336 e. The molecule has 1 aromatic heterocycles. The summed E-state index contributed by atoms with van der Waals surface area (Å²) in [6, 6.07) is 4.76. The van der Waals surface area contributed by atoms with Gasteiger partial charge in [0.15, 0.2) is 0 Å². The highest BCUT2D eigenvalue weighted by Gasteiger charge is 2.60. The number of amides is 1. The minimum atomic E-state index is -1.37. The molecule has 2 aromatic rings. The third-order valence-electron chi connectivity index (χ3n) is 14.6. The molecule has 57 heavy (non-hydrogen) atoms. The van der Waals surface area contributed by atoms with Gasteiger partial charge in [-0.25, -0.2) is 9.59 Å². The molecule has 314 valence electrons. The molecule has 4 saturated carbocycles. The van der Waals surface area contributed by atoms with Crippen LogP contribution >= 0.6 is 0 Å². The fourth-order valence-corrected chi connectivity index (χ4v) is 11.8. The number of nitrogens with one attached hydrogen (secondary N) is 1. The van der Waals surface area contributed by atoms with Crippen LogP contribution in [0.3, 0.4) is 0 Å². The number of methoxy groups -OCH3 is 1. The van der Waals surface area contributed by atoms with Crippen molar-refractivity contribution in [2.24, 2.45) is 52.1 Å². The molecular weight excluding hydrogens is 732 g/mol. The van der Waals surface area contributed by atoms with Crippen LogP contribution in [-0.2, 0) is 39.8 Å². The molecule has 1 amide bonds. The van der Waals surface area contributed by atoms with E-state index in [0.717, 1.165) is 32.1 Å². The van der Waals surface area contributed by atoms with E-state index in [1.54, 1.807) is 18.2 Å². The maximum absolute atomic E-state index is 13.5. The van der Waals surface area contributed by atoms with Gasteiger partial charge in [-0.2, -0.15) is 0 Å². The Labute approximate surface area is 335 Å². The van der Waals surface area contributed by atoms with Gasteiger partial charge in [0.05, 0.1) is 33.2 Å². The number of ether oxygens (including phenoxy) is 4. The van der Waals surface area contributed by atoms with E-state index in [1.165, 1.54) is 38.9 Å². The Morgan fingerprint density at radius 3 is 2.51 bits per heavy atom. The van der Waals surface area contributed by atoms with Crippen LogP contribution in [0.5, 0.6) is 5.75 Å². The van der Waals surface area contributed by atoms with Gasteiger partial charge in [-0.15, -0.1) is 0 Å². The molecule has 13 nitrogen and oxygen atoms in total. The Kier molecular flexibility index (Phi) is 13.7. The molecule has 1 aromatic carbocycles. The van der Waals surface area contributed by atoms with Gasteiger partial charge < -0.3 is 39.5 Å². The zero-order chi connectivity index (χ0) is 40.9. The quantitative estimate of drug-likeness (QED) is 0.0991. The van der Waals surface area contributed by atoms with E-state index in [9.17, 15) is 29.1 Å². The molecule has 1 heterocycles. The van der Waals surface area contributed by atoms with Crippen molar-refractivity contribution in [3.63, 3.8) is 0 Å². The summed E-state index contributed by atoms with van der Waals surface area (Å²) in [5.41, 5.74) is 5.83. The van der Waals surface area contributed by atoms with E-state index in [0.29, 0.717) is 84.8 Å². The number of carboxylic acids is 1.